The van der Waals surface area contributed by atoms with Gasteiger partial charge < -0.3 is 19.5 Å². The molecule has 0 aliphatic carbocycles. The van der Waals surface area contributed by atoms with E-state index in [-0.39, 0.29) is 41.9 Å². The molecule has 0 saturated heterocycles. The fraction of sp³-hybridized carbons (Fsp3) is 0.727. The van der Waals surface area contributed by atoms with Crippen LogP contribution in [-0.4, -0.2) is 62.0 Å². The molecule has 1 atom stereocenters. The highest BCUT2D eigenvalue weighted by atomic mass is 32.2. The molecule has 0 aromatic heterocycles. The van der Waals surface area contributed by atoms with Gasteiger partial charge in [0.25, 0.3) is 10.1 Å². The van der Waals surface area contributed by atoms with E-state index in [1.54, 1.807) is 0 Å². The first kappa shape index (κ1) is 39.7. The first-order chi connectivity index (χ1) is 20.0. The predicted octanol–water partition coefficient (Wildman–Crippen LogP) is 6.66. The maximum absolute atomic E-state index is 13.5. The molecule has 1 rings (SSSR count). The van der Waals surface area contributed by atoms with E-state index in [2.05, 4.69) is 5.32 Å². The highest BCUT2D eigenvalue weighted by molar-refractivity contribution is 7.86. The third-order valence-electron chi connectivity index (χ3n) is 8.62. The number of methoxy groups -OCH3 is 1. The lowest BCUT2D eigenvalue weighted by Crippen LogP contribution is -2.49. The molecule has 0 aliphatic heterocycles. The quantitative estimate of drug-likeness (QED) is 0.125. The Kier molecular flexibility index (Phi) is 14.2. The van der Waals surface area contributed by atoms with Crippen LogP contribution in [0.25, 0.3) is 0 Å². The minimum absolute atomic E-state index is 0.00483. The summed E-state index contributed by atoms with van der Waals surface area (Å²) in [7, 11) is -3.24. The number of amides is 1. The Bertz CT molecular complexity index is 1240. The van der Waals surface area contributed by atoms with Crippen molar-refractivity contribution in [3.8, 4) is 5.75 Å². The van der Waals surface area contributed by atoms with Gasteiger partial charge in [-0.3, -0.25) is 18.9 Å². The third-order valence-corrected chi connectivity index (χ3v) is 9.51. The van der Waals surface area contributed by atoms with Gasteiger partial charge in [-0.1, -0.05) is 34.6 Å². The van der Waals surface area contributed by atoms with E-state index in [1.165, 1.54) is 19.2 Å². The molecule has 252 valence electrons. The van der Waals surface area contributed by atoms with Crippen molar-refractivity contribution in [3.05, 3.63) is 18.2 Å². The van der Waals surface area contributed by atoms with Gasteiger partial charge in [0, 0.05) is 30.4 Å². The van der Waals surface area contributed by atoms with Crippen LogP contribution in [0.1, 0.15) is 108 Å². The van der Waals surface area contributed by atoms with Gasteiger partial charge in [-0.2, -0.15) is 8.42 Å². The average Bonchev–Trinajstić information content (AvgIpc) is 2.91. The molecule has 0 saturated carbocycles. The predicted molar refractivity (Wildman–Crippen MR) is 172 cm³/mol. The number of hydrogen-bond donors (Lipinski definition) is 2. The van der Waals surface area contributed by atoms with Gasteiger partial charge in [-0.05, 0) is 78.9 Å². The summed E-state index contributed by atoms with van der Waals surface area (Å²) in [4.78, 5) is 38.7. The van der Waals surface area contributed by atoms with Gasteiger partial charge in [-0.15, -0.1) is 0 Å². The number of ether oxygens (including phenoxy) is 3. The summed E-state index contributed by atoms with van der Waals surface area (Å²) in [5.74, 6) is -0.445. The third kappa shape index (κ3) is 11.9. The molecule has 44 heavy (non-hydrogen) atoms. The number of hydrogen-bond acceptors (Lipinski definition) is 8. The van der Waals surface area contributed by atoms with Crippen molar-refractivity contribution in [2.24, 2.45) is 16.7 Å². The van der Waals surface area contributed by atoms with E-state index in [0.29, 0.717) is 38.7 Å². The molecule has 0 fully saturated rings. The Labute approximate surface area is 264 Å². The Hall–Kier alpha value is -2.34. The second-order valence-electron chi connectivity index (χ2n) is 14.0. The van der Waals surface area contributed by atoms with Crippen LogP contribution in [0.5, 0.6) is 5.75 Å². The SMILES string of the molecule is CCC(C)(C)C(=O)C(CCCOC(C)(C)C(C)(C)C(=O)COC(C)(C)C)CCCC(=O)Nc1ccc(OC)cc1S(=O)(=O)O. The van der Waals surface area contributed by atoms with Gasteiger partial charge in [0.15, 0.2) is 5.78 Å². The van der Waals surface area contributed by atoms with Crippen molar-refractivity contribution in [1.82, 2.24) is 0 Å². The number of Topliss-reactive ketones (excluding diaryl/α,β-unsaturated/α-hetero) is 2. The fourth-order valence-corrected chi connectivity index (χ4v) is 5.10. The summed E-state index contributed by atoms with van der Waals surface area (Å²) in [6.45, 7) is 19.4. The maximum atomic E-state index is 13.5. The molecule has 11 heteroatoms. The molecule has 1 aromatic rings. The lowest BCUT2D eigenvalue weighted by Gasteiger charge is -2.40. The maximum Gasteiger partial charge on any atom is 0.296 e. The van der Waals surface area contributed by atoms with Crippen LogP contribution in [0.4, 0.5) is 5.69 Å². The zero-order valence-corrected chi connectivity index (χ0v) is 29.4. The number of anilines is 1. The monoisotopic (exact) mass is 641 g/mol. The van der Waals surface area contributed by atoms with Crippen molar-refractivity contribution >= 4 is 33.3 Å². The molecule has 1 aromatic carbocycles. The highest BCUT2D eigenvalue weighted by Crippen LogP contribution is 2.36. The Morgan fingerprint density at radius 1 is 0.932 bits per heavy atom. The molecule has 0 bridgehead atoms. The van der Waals surface area contributed by atoms with Crippen molar-refractivity contribution in [2.45, 2.75) is 124 Å². The van der Waals surface area contributed by atoms with Crippen molar-refractivity contribution in [3.63, 3.8) is 0 Å². The molecule has 2 N–H and O–H groups in total. The first-order valence-electron chi connectivity index (χ1n) is 15.3. The summed E-state index contributed by atoms with van der Waals surface area (Å²) < 4.78 is 50.2. The lowest BCUT2D eigenvalue weighted by molar-refractivity contribution is -0.157. The molecule has 0 spiro atoms. The molecular formula is C33H55NO9S. The zero-order chi connectivity index (χ0) is 34.1. The van der Waals surface area contributed by atoms with E-state index in [9.17, 15) is 27.4 Å². The lowest BCUT2D eigenvalue weighted by atomic mass is 9.73. The normalized spacial score (nSPS) is 13.8. The first-order valence-corrected chi connectivity index (χ1v) is 16.7. The summed E-state index contributed by atoms with van der Waals surface area (Å²) in [5, 5.41) is 2.55. The molecular weight excluding hydrogens is 586 g/mol. The summed E-state index contributed by atoms with van der Waals surface area (Å²) in [5.41, 5.74) is -2.58. The van der Waals surface area contributed by atoms with Gasteiger partial charge >= 0.3 is 0 Å². The average molecular weight is 642 g/mol. The van der Waals surface area contributed by atoms with E-state index >= 15 is 0 Å². The van der Waals surface area contributed by atoms with Crippen LogP contribution in [0.2, 0.25) is 0 Å². The Morgan fingerprint density at radius 2 is 1.52 bits per heavy atom. The van der Waals surface area contributed by atoms with Gasteiger partial charge in [0.2, 0.25) is 5.91 Å². The van der Waals surface area contributed by atoms with Crippen LogP contribution in [0, 0.1) is 16.7 Å². The van der Waals surface area contributed by atoms with E-state index in [4.69, 9.17) is 14.2 Å². The number of rotatable bonds is 19. The van der Waals surface area contributed by atoms with E-state index < -0.39 is 43.0 Å². The van der Waals surface area contributed by atoms with Gasteiger partial charge in [0.05, 0.1) is 29.4 Å². The van der Waals surface area contributed by atoms with Crippen molar-refractivity contribution in [2.75, 3.05) is 25.6 Å². The van der Waals surface area contributed by atoms with E-state index in [1.807, 2.05) is 69.2 Å². The standard InChI is InChI=1S/C33H55NO9S/c1-12-31(5,6)29(37)23(16-14-20-42-33(9,10)32(7,8)27(35)22-43-30(2,3)4)15-13-17-28(36)34-25-19-18-24(41-11)21-26(25)44(38,39)40/h18-19,21,23H,12-17,20,22H2,1-11H3,(H,34,36)(H,38,39,40). The second kappa shape index (κ2) is 15.8. The number of nitrogens with one attached hydrogen (secondary N) is 1. The molecule has 1 amide bonds. The van der Waals surface area contributed by atoms with Gasteiger partial charge in [-0.25, -0.2) is 0 Å². The summed E-state index contributed by atoms with van der Waals surface area (Å²) >= 11 is 0. The smallest absolute Gasteiger partial charge is 0.296 e. The van der Waals surface area contributed by atoms with E-state index in [0.717, 1.165) is 6.07 Å². The number of ketones is 2. The highest BCUT2D eigenvalue weighted by Gasteiger charge is 2.44. The topological polar surface area (TPSA) is 145 Å². The minimum Gasteiger partial charge on any atom is -0.497 e. The minimum atomic E-state index is -4.60. The molecule has 10 nitrogen and oxygen atoms in total. The fourth-order valence-electron chi connectivity index (χ4n) is 4.44. The van der Waals surface area contributed by atoms with Crippen molar-refractivity contribution < 1.29 is 41.6 Å². The Balaban J connectivity index is 2.85. The Morgan fingerprint density at radius 3 is 2.05 bits per heavy atom. The van der Waals surface area contributed by atoms with Gasteiger partial charge in [0.1, 0.15) is 23.0 Å². The molecule has 0 radical (unpaired) electrons. The molecule has 1 unspecified atom stereocenters. The number of carbonyl (C=O) groups excluding carboxylic acids is 3. The van der Waals surface area contributed by atoms with Crippen LogP contribution < -0.4 is 10.1 Å². The van der Waals surface area contributed by atoms with Crippen LogP contribution in [0.15, 0.2) is 23.1 Å². The largest absolute Gasteiger partial charge is 0.497 e. The van der Waals surface area contributed by atoms with Crippen LogP contribution in [-0.2, 0) is 34.0 Å². The number of carbonyl (C=O) groups is 3. The molecule has 0 heterocycles. The molecule has 0 aliphatic rings. The summed E-state index contributed by atoms with van der Waals surface area (Å²) in [6, 6.07) is 3.96. The van der Waals surface area contributed by atoms with Crippen LogP contribution >= 0.6 is 0 Å². The van der Waals surface area contributed by atoms with Crippen molar-refractivity contribution in [1.29, 1.82) is 0 Å². The summed E-state index contributed by atoms with van der Waals surface area (Å²) in [6.07, 6.45) is 2.77. The van der Waals surface area contributed by atoms with Crippen LogP contribution in [0.3, 0.4) is 0 Å². The zero-order valence-electron chi connectivity index (χ0n) is 28.6. The second-order valence-corrected chi connectivity index (χ2v) is 15.4. The number of benzene rings is 1.